The van der Waals surface area contributed by atoms with Crippen molar-refractivity contribution in [2.75, 3.05) is 0 Å². The Morgan fingerprint density at radius 3 is 1.46 bits per heavy atom. The molecule has 0 N–H and O–H groups in total. The fourth-order valence-electron chi connectivity index (χ4n) is 8.80. The summed E-state index contributed by atoms with van der Waals surface area (Å²) in [6.07, 6.45) is 0. The van der Waals surface area contributed by atoms with Gasteiger partial charge in [0.15, 0.2) is 0 Å². The van der Waals surface area contributed by atoms with E-state index in [0.717, 1.165) is 0 Å². The SMILES string of the molecule is c1cc(-c2ccc3ccccc3c2)cc(-c2c3ccccc3c(-c3ccc(-c4ccc5c(ccc6ccccc65)c4)cc3)c3ccc4ccccc4c23)c1. The summed E-state index contributed by atoms with van der Waals surface area (Å²) in [5, 5.41) is 15.3. The van der Waals surface area contributed by atoms with Gasteiger partial charge in [-0.05, 0) is 127 Å². The number of hydrogen-bond acceptors (Lipinski definition) is 0. The molecule has 11 aromatic rings. The summed E-state index contributed by atoms with van der Waals surface area (Å²) in [6, 6.07) is 76.2. The fraction of sp³-hybridized carbons (Fsp3) is 0. The summed E-state index contributed by atoms with van der Waals surface area (Å²) in [6.45, 7) is 0. The van der Waals surface area contributed by atoms with Gasteiger partial charge in [0.1, 0.15) is 0 Å². The Labute approximate surface area is 314 Å². The van der Waals surface area contributed by atoms with Crippen molar-refractivity contribution < 1.29 is 0 Å². The Bertz CT molecular complexity index is 3260. The fourth-order valence-corrected chi connectivity index (χ4v) is 8.80. The molecule has 11 rings (SSSR count). The van der Waals surface area contributed by atoms with Gasteiger partial charge in [0, 0.05) is 0 Å². The van der Waals surface area contributed by atoms with Crippen LogP contribution in [0.5, 0.6) is 0 Å². The van der Waals surface area contributed by atoms with Crippen molar-refractivity contribution in [3.05, 3.63) is 206 Å². The first-order valence-corrected chi connectivity index (χ1v) is 18.7. The minimum Gasteiger partial charge on any atom is -0.0616 e. The van der Waals surface area contributed by atoms with Crippen molar-refractivity contribution in [3.8, 4) is 44.5 Å². The predicted molar refractivity (Wildman–Crippen MR) is 233 cm³/mol. The van der Waals surface area contributed by atoms with Gasteiger partial charge in [-0.1, -0.05) is 188 Å². The van der Waals surface area contributed by atoms with Crippen molar-refractivity contribution in [2.45, 2.75) is 0 Å². The molecule has 0 atom stereocenters. The number of rotatable bonds is 4. The van der Waals surface area contributed by atoms with Crippen molar-refractivity contribution >= 4 is 64.6 Å². The maximum absolute atomic E-state index is 2.38. The minimum absolute atomic E-state index is 1.22. The summed E-state index contributed by atoms with van der Waals surface area (Å²) in [5.41, 5.74) is 9.90. The first-order chi connectivity index (χ1) is 26.8. The van der Waals surface area contributed by atoms with Crippen molar-refractivity contribution in [3.63, 3.8) is 0 Å². The van der Waals surface area contributed by atoms with Crippen LogP contribution in [0.2, 0.25) is 0 Å². The molecule has 0 aromatic heterocycles. The highest BCUT2D eigenvalue weighted by atomic mass is 14.2. The van der Waals surface area contributed by atoms with Gasteiger partial charge in [0.2, 0.25) is 0 Å². The van der Waals surface area contributed by atoms with Gasteiger partial charge in [-0.3, -0.25) is 0 Å². The zero-order valence-electron chi connectivity index (χ0n) is 29.6. The van der Waals surface area contributed by atoms with E-state index in [1.165, 1.54) is 109 Å². The Morgan fingerprint density at radius 2 is 0.648 bits per heavy atom. The van der Waals surface area contributed by atoms with Gasteiger partial charge >= 0.3 is 0 Å². The quantitative estimate of drug-likeness (QED) is 0.128. The highest BCUT2D eigenvalue weighted by Gasteiger charge is 2.19. The molecule has 0 aliphatic rings. The van der Waals surface area contributed by atoms with E-state index in [1.807, 2.05) is 0 Å². The topological polar surface area (TPSA) is 0 Å². The van der Waals surface area contributed by atoms with E-state index in [4.69, 9.17) is 0 Å². The third-order valence-corrected chi connectivity index (χ3v) is 11.4. The van der Waals surface area contributed by atoms with Crippen LogP contribution in [-0.2, 0) is 0 Å². The lowest BCUT2D eigenvalue weighted by atomic mass is 9.83. The summed E-state index contributed by atoms with van der Waals surface area (Å²) >= 11 is 0. The Hall–Kier alpha value is -7.02. The van der Waals surface area contributed by atoms with Crippen molar-refractivity contribution in [1.82, 2.24) is 0 Å². The molecule has 54 heavy (non-hydrogen) atoms. The zero-order valence-corrected chi connectivity index (χ0v) is 29.6. The van der Waals surface area contributed by atoms with E-state index < -0.39 is 0 Å². The molecule has 0 aliphatic carbocycles. The molecule has 0 unspecified atom stereocenters. The molecule has 0 bridgehead atoms. The van der Waals surface area contributed by atoms with Crippen LogP contribution in [0.4, 0.5) is 0 Å². The van der Waals surface area contributed by atoms with E-state index in [-0.39, 0.29) is 0 Å². The third kappa shape index (κ3) is 4.92. The number of benzene rings is 11. The second-order valence-corrected chi connectivity index (χ2v) is 14.4. The Morgan fingerprint density at radius 1 is 0.185 bits per heavy atom. The van der Waals surface area contributed by atoms with Gasteiger partial charge in [0.25, 0.3) is 0 Å². The summed E-state index contributed by atoms with van der Waals surface area (Å²) in [4.78, 5) is 0. The molecular formula is C54H34. The zero-order chi connectivity index (χ0) is 35.6. The highest BCUT2D eigenvalue weighted by Crippen LogP contribution is 2.47. The van der Waals surface area contributed by atoms with Crippen LogP contribution >= 0.6 is 0 Å². The van der Waals surface area contributed by atoms with Gasteiger partial charge in [0.05, 0.1) is 0 Å². The molecule has 0 aliphatic heterocycles. The molecule has 11 aromatic carbocycles. The van der Waals surface area contributed by atoms with Gasteiger partial charge in [-0.25, -0.2) is 0 Å². The number of fused-ring (bicyclic) bond motifs is 8. The van der Waals surface area contributed by atoms with Crippen LogP contribution in [0.25, 0.3) is 109 Å². The van der Waals surface area contributed by atoms with E-state index in [9.17, 15) is 0 Å². The predicted octanol–water partition coefficient (Wildman–Crippen LogP) is 15.3. The van der Waals surface area contributed by atoms with Crippen LogP contribution < -0.4 is 0 Å². The smallest absolute Gasteiger partial charge is 0.00141 e. The van der Waals surface area contributed by atoms with E-state index in [1.54, 1.807) is 0 Å². The lowest BCUT2D eigenvalue weighted by Gasteiger charge is -2.20. The summed E-state index contributed by atoms with van der Waals surface area (Å²) in [5.74, 6) is 0. The molecule has 0 heterocycles. The van der Waals surface area contributed by atoms with Gasteiger partial charge < -0.3 is 0 Å². The normalized spacial score (nSPS) is 11.7. The molecule has 0 radical (unpaired) electrons. The van der Waals surface area contributed by atoms with Crippen LogP contribution in [0, 0.1) is 0 Å². The van der Waals surface area contributed by atoms with E-state index >= 15 is 0 Å². The molecule has 250 valence electrons. The third-order valence-electron chi connectivity index (χ3n) is 11.4. The largest absolute Gasteiger partial charge is 0.0616 e. The molecular weight excluding hydrogens is 649 g/mol. The van der Waals surface area contributed by atoms with Gasteiger partial charge in [-0.2, -0.15) is 0 Å². The Balaban J connectivity index is 1.10. The average molecular weight is 683 g/mol. The first-order valence-electron chi connectivity index (χ1n) is 18.7. The van der Waals surface area contributed by atoms with Crippen LogP contribution in [-0.4, -0.2) is 0 Å². The van der Waals surface area contributed by atoms with Crippen molar-refractivity contribution in [1.29, 1.82) is 0 Å². The lowest BCUT2D eigenvalue weighted by molar-refractivity contribution is 1.62. The van der Waals surface area contributed by atoms with Gasteiger partial charge in [-0.15, -0.1) is 0 Å². The van der Waals surface area contributed by atoms with Crippen LogP contribution in [0.1, 0.15) is 0 Å². The maximum atomic E-state index is 2.38. The second kappa shape index (κ2) is 12.3. The molecule has 0 heteroatoms. The first kappa shape index (κ1) is 30.6. The summed E-state index contributed by atoms with van der Waals surface area (Å²) < 4.78 is 0. The lowest BCUT2D eigenvalue weighted by Crippen LogP contribution is -1.92. The Kier molecular flexibility index (Phi) is 6.97. The molecule has 0 saturated heterocycles. The monoisotopic (exact) mass is 682 g/mol. The standard InChI is InChI=1S/C54H34/c1-2-13-40-32-43(26-22-35(40)10-1)41-14-9-15-45(34-41)53-50-19-8-7-18-49(50)52(51-31-28-38-12-4-6-17-48(38)54(51)53)39-24-20-36(21-25-39)42-29-30-47-44(33-42)27-23-37-11-3-5-16-46(37)47/h1-34H. The maximum Gasteiger partial charge on any atom is -0.00141 e. The van der Waals surface area contributed by atoms with E-state index in [0.29, 0.717) is 0 Å². The molecule has 0 saturated carbocycles. The van der Waals surface area contributed by atoms with Crippen LogP contribution in [0.15, 0.2) is 206 Å². The van der Waals surface area contributed by atoms with Crippen molar-refractivity contribution in [2.24, 2.45) is 0 Å². The second-order valence-electron chi connectivity index (χ2n) is 14.4. The van der Waals surface area contributed by atoms with E-state index in [2.05, 4.69) is 206 Å². The average Bonchev–Trinajstić information content (AvgIpc) is 3.25. The molecule has 0 nitrogen and oxygen atoms in total. The molecule has 0 amide bonds. The van der Waals surface area contributed by atoms with Crippen LogP contribution in [0.3, 0.4) is 0 Å². The minimum atomic E-state index is 1.22. The summed E-state index contributed by atoms with van der Waals surface area (Å²) in [7, 11) is 0. The highest BCUT2D eigenvalue weighted by molar-refractivity contribution is 6.28. The molecule has 0 fully saturated rings. The molecule has 0 spiro atoms. The number of hydrogen-bond donors (Lipinski definition) is 0.